The van der Waals surface area contributed by atoms with E-state index in [0.29, 0.717) is 6.42 Å². The summed E-state index contributed by atoms with van der Waals surface area (Å²) in [5, 5.41) is 9.22. The van der Waals surface area contributed by atoms with Gasteiger partial charge in [0.05, 0.1) is 12.6 Å². The zero-order chi connectivity index (χ0) is 13.0. The molecule has 0 aromatic heterocycles. The number of carbonyl (C=O) groups excluding carboxylic acids is 1. The monoisotopic (exact) mass is 247 g/mol. The van der Waals surface area contributed by atoms with Crippen LogP contribution in [-0.2, 0) is 11.2 Å². The van der Waals surface area contributed by atoms with Crippen LogP contribution in [0.1, 0.15) is 30.4 Å². The molecule has 1 saturated heterocycles. The molecule has 18 heavy (non-hydrogen) atoms. The van der Waals surface area contributed by atoms with Crippen molar-refractivity contribution >= 4 is 5.91 Å². The van der Waals surface area contributed by atoms with Gasteiger partial charge in [0.1, 0.15) is 0 Å². The van der Waals surface area contributed by atoms with Crippen LogP contribution < -0.4 is 0 Å². The molecule has 0 bridgehead atoms. The van der Waals surface area contributed by atoms with E-state index in [1.807, 2.05) is 17.0 Å². The van der Waals surface area contributed by atoms with Crippen LogP contribution in [-0.4, -0.2) is 35.1 Å². The first-order valence-corrected chi connectivity index (χ1v) is 6.67. The number of carbonyl (C=O) groups is 1. The van der Waals surface area contributed by atoms with E-state index in [-0.39, 0.29) is 18.6 Å². The Bertz CT molecular complexity index is 417. The Morgan fingerprint density at radius 2 is 2.22 bits per heavy atom. The van der Waals surface area contributed by atoms with Crippen molar-refractivity contribution in [1.82, 2.24) is 4.90 Å². The summed E-state index contributed by atoms with van der Waals surface area (Å²) < 4.78 is 0. The zero-order valence-corrected chi connectivity index (χ0v) is 10.9. The van der Waals surface area contributed by atoms with E-state index in [4.69, 9.17) is 0 Å². The summed E-state index contributed by atoms with van der Waals surface area (Å²) in [5.74, 6) is 0.176. The first-order chi connectivity index (χ1) is 8.72. The predicted octanol–water partition coefficient (Wildman–Crippen LogP) is 1.91. The number of benzene rings is 1. The first-order valence-electron chi connectivity index (χ1n) is 6.67. The SMILES string of the molecule is Cc1ccccc1CCC(=O)N1CCCC1CO. The van der Waals surface area contributed by atoms with E-state index in [1.54, 1.807) is 0 Å². The highest BCUT2D eigenvalue weighted by Gasteiger charge is 2.27. The molecule has 1 amide bonds. The van der Waals surface area contributed by atoms with Crippen molar-refractivity contribution in [2.24, 2.45) is 0 Å². The summed E-state index contributed by atoms with van der Waals surface area (Å²) in [4.78, 5) is 14.0. The molecule has 1 atom stereocenters. The first kappa shape index (κ1) is 13.1. The third-order valence-corrected chi connectivity index (χ3v) is 3.78. The summed E-state index contributed by atoms with van der Waals surface area (Å²) in [5.41, 5.74) is 2.48. The van der Waals surface area contributed by atoms with Gasteiger partial charge in [-0.2, -0.15) is 0 Å². The number of aliphatic hydroxyl groups excluding tert-OH is 1. The average Bonchev–Trinajstić information content (AvgIpc) is 2.86. The molecule has 1 unspecified atom stereocenters. The van der Waals surface area contributed by atoms with Gasteiger partial charge in [0.25, 0.3) is 0 Å². The molecule has 0 aliphatic carbocycles. The van der Waals surface area contributed by atoms with Gasteiger partial charge in [0.2, 0.25) is 5.91 Å². The second-order valence-corrected chi connectivity index (χ2v) is 4.99. The van der Waals surface area contributed by atoms with Crippen LogP contribution in [0.5, 0.6) is 0 Å². The lowest BCUT2D eigenvalue weighted by Gasteiger charge is -2.23. The van der Waals surface area contributed by atoms with E-state index in [0.717, 1.165) is 25.8 Å². The average molecular weight is 247 g/mol. The molecule has 0 saturated carbocycles. The van der Waals surface area contributed by atoms with Crippen LogP contribution in [0, 0.1) is 6.92 Å². The van der Waals surface area contributed by atoms with Crippen LogP contribution in [0.4, 0.5) is 0 Å². The Labute approximate surface area is 108 Å². The highest BCUT2D eigenvalue weighted by molar-refractivity contribution is 5.77. The summed E-state index contributed by atoms with van der Waals surface area (Å²) in [6.45, 7) is 2.97. The van der Waals surface area contributed by atoms with Crippen LogP contribution in [0.2, 0.25) is 0 Å². The summed E-state index contributed by atoms with van der Waals surface area (Å²) in [6, 6.07) is 8.24. The Morgan fingerprint density at radius 3 is 2.94 bits per heavy atom. The summed E-state index contributed by atoms with van der Waals surface area (Å²) in [6.07, 6.45) is 3.29. The molecule has 1 aromatic carbocycles. The van der Waals surface area contributed by atoms with Gasteiger partial charge < -0.3 is 10.0 Å². The van der Waals surface area contributed by atoms with Crippen molar-refractivity contribution in [3.05, 3.63) is 35.4 Å². The van der Waals surface area contributed by atoms with Gasteiger partial charge in [-0.05, 0) is 37.3 Å². The second kappa shape index (κ2) is 6.01. The number of nitrogens with zero attached hydrogens (tertiary/aromatic N) is 1. The molecule has 3 heteroatoms. The molecular weight excluding hydrogens is 226 g/mol. The quantitative estimate of drug-likeness (QED) is 0.883. The van der Waals surface area contributed by atoms with Gasteiger partial charge in [-0.3, -0.25) is 4.79 Å². The van der Waals surface area contributed by atoms with Crippen molar-refractivity contribution in [2.75, 3.05) is 13.2 Å². The van der Waals surface area contributed by atoms with Gasteiger partial charge in [-0.1, -0.05) is 24.3 Å². The highest BCUT2D eigenvalue weighted by atomic mass is 16.3. The second-order valence-electron chi connectivity index (χ2n) is 4.99. The molecule has 98 valence electrons. The minimum atomic E-state index is 0.0503. The van der Waals surface area contributed by atoms with Crippen LogP contribution in [0.25, 0.3) is 0 Å². The number of hydrogen-bond acceptors (Lipinski definition) is 2. The lowest BCUT2D eigenvalue weighted by atomic mass is 10.0. The molecule has 0 spiro atoms. The van der Waals surface area contributed by atoms with E-state index in [1.165, 1.54) is 11.1 Å². The number of rotatable bonds is 4. The normalized spacial score (nSPS) is 19.2. The maximum atomic E-state index is 12.1. The van der Waals surface area contributed by atoms with Crippen molar-refractivity contribution in [3.63, 3.8) is 0 Å². The standard InChI is InChI=1S/C15H21NO2/c1-12-5-2-3-6-13(12)8-9-15(18)16-10-4-7-14(16)11-17/h2-3,5-6,14,17H,4,7-11H2,1H3. The fourth-order valence-corrected chi connectivity index (χ4v) is 2.63. The third-order valence-electron chi connectivity index (χ3n) is 3.78. The van der Waals surface area contributed by atoms with E-state index >= 15 is 0 Å². The molecular formula is C15H21NO2. The zero-order valence-electron chi connectivity index (χ0n) is 10.9. The highest BCUT2D eigenvalue weighted by Crippen LogP contribution is 2.19. The molecule has 1 heterocycles. The number of aryl methyl sites for hydroxylation is 2. The van der Waals surface area contributed by atoms with E-state index in [9.17, 15) is 9.90 Å². The minimum absolute atomic E-state index is 0.0503. The van der Waals surface area contributed by atoms with E-state index < -0.39 is 0 Å². The molecule has 1 aliphatic rings. The molecule has 0 radical (unpaired) electrons. The number of hydrogen-bond donors (Lipinski definition) is 1. The van der Waals surface area contributed by atoms with Gasteiger partial charge in [-0.25, -0.2) is 0 Å². The largest absolute Gasteiger partial charge is 0.394 e. The number of aliphatic hydroxyl groups is 1. The smallest absolute Gasteiger partial charge is 0.223 e. The molecule has 2 rings (SSSR count). The minimum Gasteiger partial charge on any atom is -0.394 e. The Kier molecular flexibility index (Phi) is 4.37. The number of amides is 1. The van der Waals surface area contributed by atoms with Crippen molar-refractivity contribution in [1.29, 1.82) is 0 Å². The Morgan fingerprint density at radius 1 is 1.44 bits per heavy atom. The molecule has 1 aromatic rings. The van der Waals surface area contributed by atoms with Crippen molar-refractivity contribution in [2.45, 2.75) is 38.6 Å². The molecule has 1 aliphatic heterocycles. The molecule has 3 nitrogen and oxygen atoms in total. The topological polar surface area (TPSA) is 40.5 Å². The van der Waals surface area contributed by atoms with Gasteiger partial charge in [0.15, 0.2) is 0 Å². The Hall–Kier alpha value is -1.35. The van der Waals surface area contributed by atoms with Crippen LogP contribution >= 0.6 is 0 Å². The summed E-state index contributed by atoms with van der Waals surface area (Å²) in [7, 11) is 0. The van der Waals surface area contributed by atoms with Crippen molar-refractivity contribution < 1.29 is 9.90 Å². The predicted molar refractivity (Wildman–Crippen MR) is 71.3 cm³/mol. The molecule has 1 N–H and O–H groups in total. The van der Waals surface area contributed by atoms with Crippen molar-refractivity contribution in [3.8, 4) is 0 Å². The summed E-state index contributed by atoms with van der Waals surface area (Å²) >= 11 is 0. The van der Waals surface area contributed by atoms with Crippen LogP contribution in [0.15, 0.2) is 24.3 Å². The van der Waals surface area contributed by atoms with Gasteiger partial charge in [-0.15, -0.1) is 0 Å². The lowest BCUT2D eigenvalue weighted by Crippen LogP contribution is -2.37. The van der Waals surface area contributed by atoms with Gasteiger partial charge >= 0.3 is 0 Å². The van der Waals surface area contributed by atoms with Crippen LogP contribution in [0.3, 0.4) is 0 Å². The third kappa shape index (κ3) is 2.91. The fraction of sp³-hybridized carbons (Fsp3) is 0.533. The fourth-order valence-electron chi connectivity index (χ4n) is 2.63. The lowest BCUT2D eigenvalue weighted by molar-refractivity contribution is -0.132. The Balaban J connectivity index is 1.90. The maximum Gasteiger partial charge on any atom is 0.223 e. The van der Waals surface area contributed by atoms with Gasteiger partial charge in [0, 0.05) is 13.0 Å². The molecule has 1 fully saturated rings. The number of likely N-dealkylation sites (tertiary alicyclic amines) is 1. The maximum absolute atomic E-state index is 12.1. The van der Waals surface area contributed by atoms with E-state index in [2.05, 4.69) is 19.1 Å².